The number of piperidine rings is 1. The van der Waals surface area contributed by atoms with E-state index in [0.29, 0.717) is 29.1 Å². The van der Waals surface area contributed by atoms with Gasteiger partial charge in [0.25, 0.3) is 11.8 Å². The predicted octanol–water partition coefficient (Wildman–Crippen LogP) is 3.86. The molecule has 1 unspecified atom stereocenters. The number of amides is 2. The first-order valence-corrected chi connectivity index (χ1v) is 9.90. The summed E-state index contributed by atoms with van der Waals surface area (Å²) in [6.45, 7) is 0.634. The molecule has 3 rings (SSSR count). The second-order valence-corrected chi connectivity index (χ2v) is 7.54. The fraction of sp³-hybridized carbons (Fsp3) is 0.350. The second-order valence-electron chi connectivity index (χ2n) is 6.59. The molecule has 1 aromatic heterocycles. The first-order chi connectivity index (χ1) is 13.0. The molecule has 1 atom stereocenters. The molecular weight excluding hydrogens is 364 g/mol. The van der Waals surface area contributed by atoms with Crippen LogP contribution in [0.2, 0.25) is 0 Å². The van der Waals surface area contributed by atoms with Crippen LogP contribution in [0.5, 0.6) is 0 Å². The van der Waals surface area contributed by atoms with E-state index in [-0.39, 0.29) is 24.3 Å². The maximum absolute atomic E-state index is 13.0. The number of hydrogen-bond acceptors (Lipinski definition) is 4. The number of carbonyl (C=O) groups is 3. The lowest BCUT2D eigenvalue weighted by atomic mass is 9.97. The fourth-order valence-electron chi connectivity index (χ4n) is 3.35. The molecule has 2 aromatic rings. The predicted molar refractivity (Wildman–Crippen MR) is 104 cm³/mol. The van der Waals surface area contributed by atoms with Gasteiger partial charge in [0.15, 0.2) is 0 Å². The van der Waals surface area contributed by atoms with Gasteiger partial charge >= 0.3 is 5.97 Å². The summed E-state index contributed by atoms with van der Waals surface area (Å²) in [5, 5.41) is 13.6. The van der Waals surface area contributed by atoms with Crippen LogP contribution in [0.25, 0.3) is 0 Å². The summed E-state index contributed by atoms with van der Waals surface area (Å²) in [5.41, 5.74) is 1.07. The van der Waals surface area contributed by atoms with E-state index in [0.717, 1.165) is 19.3 Å². The Labute approximate surface area is 161 Å². The van der Waals surface area contributed by atoms with Crippen molar-refractivity contribution in [3.8, 4) is 0 Å². The lowest BCUT2D eigenvalue weighted by molar-refractivity contribution is -0.137. The summed E-state index contributed by atoms with van der Waals surface area (Å²) in [4.78, 5) is 38.5. The van der Waals surface area contributed by atoms with Gasteiger partial charge in [0.05, 0.1) is 4.88 Å². The van der Waals surface area contributed by atoms with Crippen LogP contribution in [0, 0.1) is 0 Å². The van der Waals surface area contributed by atoms with Crippen LogP contribution in [-0.2, 0) is 4.79 Å². The quantitative estimate of drug-likeness (QED) is 0.789. The van der Waals surface area contributed by atoms with Crippen molar-refractivity contribution in [2.24, 2.45) is 0 Å². The third kappa shape index (κ3) is 4.95. The molecule has 1 saturated heterocycles. The highest BCUT2D eigenvalue weighted by atomic mass is 32.1. The maximum atomic E-state index is 13.0. The van der Waals surface area contributed by atoms with Gasteiger partial charge in [-0.25, -0.2) is 0 Å². The van der Waals surface area contributed by atoms with E-state index >= 15 is 0 Å². The summed E-state index contributed by atoms with van der Waals surface area (Å²) < 4.78 is 0. The van der Waals surface area contributed by atoms with E-state index in [9.17, 15) is 14.4 Å². The van der Waals surface area contributed by atoms with Crippen LogP contribution in [0.4, 0.5) is 5.69 Å². The molecule has 0 aliphatic carbocycles. The summed E-state index contributed by atoms with van der Waals surface area (Å²) in [6, 6.07) is 10.4. The number of carboxylic acids is 1. The Hall–Kier alpha value is -2.67. The average molecular weight is 386 g/mol. The maximum Gasteiger partial charge on any atom is 0.303 e. The highest BCUT2D eigenvalue weighted by Crippen LogP contribution is 2.24. The van der Waals surface area contributed by atoms with E-state index in [4.69, 9.17) is 5.11 Å². The Morgan fingerprint density at radius 2 is 2.04 bits per heavy atom. The number of carbonyl (C=O) groups excluding carboxylic acids is 2. The third-order valence-corrected chi connectivity index (χ3v) is 5.56. The van der Waals surface area contributed by atoms with Crippen LogP contribution in [0.15, 0.2) is 41.8 Å². The summed E-state index contributed by atoms with van der Waals surface area (Å²) in [5.74, 6) is -1.16. The molecular formula is C20H22N2O4S. The first-order valence-electron chi connectivity index (χ1n) is 9.02. The van der Waals surface area contributed by atoms with Gasteiger partial charge in [0.1, 0.15) is 0 Å². The standard InChI is InChI=1S/C20H22N2O4S/c23-18(24)10-9-16-7-1-2-11-22(16)20(26)14-5-3-6-15(13-14)21-19(25)17-8-4-12-27-17/h3-6,8,12-13,16H,1-2,7,9-11H2,(H,21,25)(H,23,24). The zero-order valence-electron chi connectivity index (χ0n) is 14.9. The lowest BCUT2D eigenvalue weighted by Crippen LogP contribution is -2.44. The van der Waals surface area contributed by atoms with E-state index in [2.05, 4.69) is 5.32 Å². The number of benzene rings is 1. The van der Waals surface area contributed by atoms with Gasteiger partial charge in [0, 0.05) is 30.3 Å². The minimum Gasteiger partial charge on any atom is -0.481 e. The monoisotopic (exact) mass is 386 g/mol. The van der Waals surface area contributed by atoms with Crippen molar-refractivity contribution < 1.29 is 19.5 Å². The second kappa shape index (κ2) is 8.81. The van der Waals surface area contributed by atoms with Crippen LogP contribution in [-0.4, -0.2) is 40.4 Å². The number of rotatable bonds is 6. The number of aliphatic carboxylic acids is 1. The van der Waals surface area contributed by atoms with Gasteiger partial charge in [-0.3, -0.25) is 14.4 Å². The van der Waals surface area contributed by atoms with Gasteiger partial charge in [-0.15, -0.1) is 11.3 Å². The van der Waals surface area contributed by atoms with Gasteiger partial charge in [-0.2, -0.15) is 0 Å². The Bertz CT molecular complexity index is 819. The molecule has 1 fully saturated rings. The molecule has 7 heteroatoms. The Kier molecular flexibility index (Phi) is 6.24. The first kappa shape index (κ1) is 19.1. The number of carboxylic acid groups (broad SMARTS) is 1. The molecule has 0 radical (unpaired) electrons. The molecule has 2 heterocycles. The molecule has 1 aliphatic rings. The lowest BCUT2D eigenvalue weighted by Gasteiger charge is -2.35. The molecule has 142 valence electrons. The van der Waals surface area contributed by atoms with Crippen LogP contribution >= 0.6 is 11.3 Å². The zero-order chi connectivity index (χ0) is 19.2. The van der Waals surface area contributed by atoms with Gasteiger partial charge in [0.2, 0.25) is 0 Å². The molecule has 6 nitrogen and oxygen atoms in total. The Morgan fingerprint density at radius 3 is 2.78 bits per heavy atom. The van der Waals surface area contributed by atoms with Crippen molar-refractivity contribution >= 4 is 34.8 Å². The van der Waals surface area contributed by atoms with Crippen LogP contribution in [0.3, 0.4) is 0 Å². The van der Waals surface area contributed by atoms with E-state index in [1.807, 2.05) is 11.4 Å². The van der Waals surface area contributed by atoms with Crippen LogP contribution in [0.1, 0.15) is 52.1 Å². The van der Waals surface area contributed by atoms with Crippen molar-refractivity contribution in [1.29, 1.82) is 0 Å². The van der Waals surface area contributed by atoms with E-state index in [1.54, 1.807) is 35.2 Å². The van der Waals surface area contributed by atoms with E-state index in [1.165, 1.54) is 11.3 Å². The number of likely N-dealkylation sites (tertiary alicyclic amines) is 1. The SMILES string of the molecule is O=C(O)CCC1CCCCN1C(=O)c1cccc(NC(=O)c2cccs2)c1. The molecule has 2 amide bonds. The molecule has 0 spiro atoms. The topological polar surface area (TPSA) is 86.7 Å². The molecule has 0 saturated carbocycles. The number of anilines is 1. The van der Waals surface area contributed by atoms with E-state index < -0.39 is 5.97 Å². The number of nitrogens with one attached hydrogen (secondary N) is 1. The smallest absolute Gasteiger partial charge is 0.303 e. The van der Waals surface area contributed by atoms with Crippen molar-refractivity contribution in [2.45, 2.75) is 38.1 Å². The van der Waals surface area contributed by atoms with Crippen molar-refractivity contribution in [1.82, 2.24) is 4.90 Å². The third-order valence-electron chi connectivity index (χ3n) is 4.69. The molecule has 27 heavy (non-hydrogen) atoms. The summed E-state index contributed by atoms with van der Waals surface area (Å²) in [6.07, 6.45) is 3.28. The number of hydrogen-bond donors (Lipinski definition) is 2. The van der Waals surface area contributed by atoms with Gasteiger partial charge < -0.3 is 15.3 Å². The zero-order valence-corrected chi connectivity index (χ0v) is 15.7. The summed E-state index contributed by atoms with van der Waals surface area (Å²) in [7, 11) is 0. The molecule has 1 aliphatic heterocycles. The minimum absolute atomic E-state index is 0.0493. The largest absolute Gasteiger partial charge is 0.481 e. The Morgan fingerprint density at radius 1 is 1.19 bits per heavy atom. The molecule has 1 aromatic carbocycles. The minimum atomic E-state index is -0.841. The molecule has 0 bridgehead atoms. The highest BCUT2D eigenvalue weighted by Gasteiger charge is 2.28. The van der Waals surface area contributed by atoms with Crippen molar-refractivity contribution in [3.63, 3.8) is 0 Å². The van der Waals surface area contributed by atoms with Gasteiger partial charge in [-0.05, 0) is 55.3 Å². The fourth-order valence-corrected chi connectivity index (χ4v) is 3.97. The summed E-state index contributed by atoms with van der Waals surface area (Å²) >= 11 is 1.36. The molecule has 2 N–H and O–H groups in total. The van der Waals surface area contributed by atoms with Crippen molar-refractivity contribution in [3.05, 3.63) is 52.2 Å². The average Bonchev–Trinajstić information content (AvgIpc) is 3.21. The normalized spacial score (nSPS) is 16.7. The number of nitrogens with zero attached hydrogens (tertiary/aromatic N) is 1. The highest BCUT2D eigenvalue weighted by molar-refractivity contribution is 7.12. The van der Waals surface area contributed by atoms with Gasteiger partial charge in [-0.1, -0.05) is 12.1 Å². The number of thiophene rings is 1. The van der Waals surface area contributed by atoms with Crippen LogP contribution < -0.4 is 5.32 Å². The van der Waals surface area contributed by atoms with Crippen molar-refractivity contribution in [2.75, 3.05) is 11.9 Å². The Balaban J connectivity index is 1.71.